The van der Waals surface area contributed by atoms with Gasteiger partial charge in [0.15, 0.2) is 16.9 Å². The molecule has 5 heteroatoms. The highest BCUT2D eigenvalue weighted by Crippen LogP contribution is 2.42. The second-order valence-electron chi connectivity index (χ2n) is 8.10. The largest absolute Gasteiger partial charge is 0.430 e. The van der Waals surface area contributed by atoms with Crippen molar-refractivity contribution in [2.75, 3.05) is 0 Å². The van der Waals surface area contributed by atoms with Gasteiger partial charge >= 0.3 is 0 Å². The van der Waals surface area contributed by atoms with E-state index in [2.05, 4.69) is 95.7 Å². The van der Waals surface area contributed by atoms with Crippen molar-refractivity contribution in [3.8, 4) is 17.1 Å². The van der Waals surface area contributed by atoms with Crippen LogP contribution in [0.2, 0.25) is 0 Å². The number of hydrogen-bond donors (Lipinski definition) is 0. The number of oxazole rings is 1. The number of aryl methyl sites for hydroxylation is 4. The van der Waals surface area contributed by atoms with Gasteiger partial charge in [-0.15, -0.1) is 0 Å². The fourth-order valence-corrected chi connectivity index (χ4v) is 5.87. The van der Waals surface area contributed by atoms with Crippen molar-refractivity contribution < 1.29 is 8.98 Å². The number of fused-ring (bicyclic) bond motifs is 4. The molecule has 3 aromatic carbocycles. The summed E-state index contributed by atoms with van der Waals surface area (Å²) in [5.74, 6) is 1.88. The van der Waals surface area contributed by atoms with Gasteiger partial charge in [-0.25, -0.2) is 9.55 Å². The first-order chi connectivity index (χ1) is 15.0. The van der Waals surface area contributed by atoms with E-state index >= 15 is 0 Å². The first-order valence-electron chi connectivity index (χ1n) is 10.4. The summed E-state index contributed by atoms with van der Waals surface area (Å²) >= 11 is 1.69. The summed E-state index contributed by atoms with van der Waals surface area (Å²) in [6.07, 6.45) is 0. The molecule has 31 heavy (non-hydrogen) atoms. The van der Waals surface area contributed by atoms with Crippen LogP contribution in [0.4, 0.5) is 0 Å². The summed E-state index contributed by atoms with van der Waals surface area (Å²) in [5, 5.41) is 1.15. The molecular weight excluding hydrogens is 402 g/mol. The monoisotopic (exact) mass is 424 g/mol. The van der Waals surface area contributed by atoms with Crippen LogP contribution in [-0.2, 0) is 7.05 Å². The zero-order valence-electron chi connectivity index (χ0n) is 17.9. The number of benzene rings is 3. The van der Waals surface area contributed by atoms with Crippen molar-refractivity contribution in [2.24, 2.45) is 7.05 Å². The predicted octanol–water partition coefficient (Wildman–Crippen LogP) is 6.40. The minimum absolute atomic E-state index is 0.713. The van der Waals surface area contributed by atoms with E-state index in [1.165, 1.54) is 43.9 Å². The van der Waals surface area contributed by atoms with Crippen molar-refractivity contribution in [3.05, 3.63) is 77.7 Å². The molecule has 0 aliphatic heterocycles. The van der Waals surface area contributed by atoms with Gasteiger partial charge in [-0.1, -0.05) is 53.8 Å². The Balaban J connectivity index is 1.81. The number of nitrogens with zero attached hydrogens (tertiary/aromatic N) is 3. The third-order valence-corrected chi connectivity index (χ3v) is 7.20. The lowest BCUT2D eigenvalue weighted by molar-refractivity contribution is -0.633. The van der Waals surface area contributed by atoms with Crippen LogP contribution < -0.4 is 4.57 Å². The van der Waals surface area contributed by atoms with E-state index in [4.69, 9.17) is 4.42 Å². The number of rotatable bonds is 2. The van der Waals surface area contributed by atoms with Gasteiger partial charge in [0, 0.05) is 12.3 Å². The summed E-state index contributed by atoms with van der Waals surface area (Å²) < 4.78 is 11.8. The molecular formula is C26H22N3OS+. The van der Waals surface area contributed by atoms with Gasteiger partial charge in [-0.2, -0.15) is 4.57 Å². The minimum atomic E-state index is 0.713. The minimum Gasteiger partial charge on any atom is -0.430 e. The van der Waals surface area contributed by atoms with Crippen LogP contribution in [0, 0.1) is 20.8 Å². The molecule has 0 unspecified atom stereocenters. The molecule has 6 aromatic rings. The molecule has 0 aliphatic rings. The average Bonchev–Trinajstić information content (AvgIpc) is 3.38. The van der Waals surface area contributed by atoms with E-state index in [0.29, 0.717) is 5.89 Å². The Kier molecular flexibility index (Phi) is 3.86. The van der Waals surface area contributed by atoms with Crippen LogP contribution in [0.3, 0.4) is 0 Å². The summed E-state index contributed by atoms with van der Waals surface area (Å²) in [6, 6.07) is 21.6. The van der Waals surface area contributed by atoms with Crippen molar-refractivity contribution in [2.45, 2.75) is 20.8 Å². The Morgan fingerprint density at radius 1 is 0.903 bits per heavy atom. The summed E-state index contributed by atoms with van der Waals surface area (Å²) in [4.78, 5) is 5.55. The van der Waals surface area contributed by atoms with Crippen LogP contribution in [0.1, 0.15) is 17.0 Å². The highest BCUT2D eigenvalue weighted by atomic mass is 32.1. The number of hydrogen-bond acceptors (Lipinski definition) is 3. The van der Waals surface area contributed by atoms with Gasteiger partial charge < -0.3 is 4.42 Å². The molecule has 152 valence electrons. The van der Waals surface area contributed by atoms with Crippen molar-refractivity contribution in [1.29, 1.82) is 0 Å². The molecule has 0 bridgehead atoms. The first kappa shape index (κ1) is 18.3. The molecule has 0 amide bonds. The van der Waals surface area contributed by atoms with E-state index in [1.54, 1.807) is 11.3 Å². The fraction of sp³-hybridized carbons (Fsp3) is 0.154. The molecule has 6 rings (SSSR count). The molecule has 0 radical (unpaired) electrons. The normalized spacial score (nSPS) is 11.9. The maximum Gasteiger partial charge on any atom is 0.296 e. The lowest BCUT2D eigenvalue weighted by Gasteiger charge is -2.09. The van der Waals surface area contributed by atoms with Gasteiger partial charge in [0.25, 0.3) is 5.82 Å². The Hall–Kier alpha value is -3.44. The molecule has 0 fully saturated rings. The van der Waals surface area contributed by atoms with Crippen LogP contribution in [0.25, 0.3) is 48.6 Å². The molecule has 0 saturated carbocycles. The predicted molar refractivity (Wildman–Crippen MR) is 127 cm³/mol. The second kappa shape index (κ2) is 6.53. The zero-order valence-corrected chi connectivity index (χ0v) is 18.7. The first-order valence-corrected chi connectivity index (χ1v) is 11.2. The third-order valence-electron chi connectivity index (χ3n) is 6.11. The number of aromatic nitrogens is 3. The SMILES string of the molecule is Cc1nc2c(o1)sc1c(-c3n(-c4ccccc4C)c4ccccc4[n+]3C)c(C)ccc12. The number of thiophene rings is 1. The maximum atomic E-state index is 5.90. The topological polar surface area (TPSA) is 34.8 Å². The van der Waals surface area contributed by atoms with E-state index < -0.39 is 0 Å². The summed E-state index contributed by atoms with van der Waals surface area (Å²) in [7, 11) is 2.16. The van der Waals surface area contributed by atoms with Gasteiger partial charge in [-0.3, -0.25) is 0 Å². The average molecular weight is 425 g/mol. The Morgan fingerprint density at radius 2 is 1.68 bits per heavy atom. The number of imidazole rings is 1. The van der Waals surface area contributed by atoms with Crippen molar-refractivity contribution in [1.82, 2.24) is 9.55 Å². The molecule has 0 saturated heterocycles. The van der Waals surface area contributed by atoms with Crippen molar-refractivity contribution >= 4 is 42.9 Å². The van der Waals surface area contributed by atoms with Gasteiger partial charge in [-0.05, 0) is 43.2 Å². The van der Waals surface area contributed by atoms with E-state index in [-0.39, 0.29) is 0 Å². The van der Waals surface area contributed by atoms with Gasteiger partial charge in [0.2, 0.25) is 4.90 Å². The molecule has 3 heterocycles. The van der Waals surface area contributed by atoms with Crippen LogP contribution in [0.15, 0.2) is 65.1 Å². The van der Waals surface area contributed by atoms with E-state index in [9.17, 15) is 0 Å². The summed E-state index contributed by atoms with van der Waals surface area (Å²) in [5.41, 5.74) is 8.26. The Bertz CT molecular complexity index is 1630. The highest BCUT2D eigenvalue weighted by molar-refractivity contribution is 7.25. The molecule has 3 aromatic heterocycles. The second-order valence-corrected chi connectivity index (χ2v) is 9.08. The Labute approximate surface area is 184 Å². The molecule has 0 aliphatic carbocycles. The summed E-state index contributed by atoms with van der Waals surface area (Å²) in [6.45, 7) is 6.27. The lowest BCUT2D eigenvalue weighted by Crippen LogP contribution is -2.30. The van der Waals surface area contributed by atoms with Crippen LogP contribution >= 0.6 is 11.3 Å². The fourth-order valence-electron chi connectivity index (χ4n) is 4.64. The van der Waals surface area contributed by atoms with Crippen LogP contribution in [-0.4, -0.2) is 9.55 Å². The molecule has 0 spiro atoms. The zero-order chi connectivity index (χ0) is 21.3. The van der Waals surface area contributed by atoms with E-state index in [0.717, 1.165) is 15.8 Å². The van der Waals surface area contributed by atoms with E-state index in [1.807, 2.05) is 6.92 Å². The lowest BCUT2D eigenvalue weighted by atomic mass is 10.0. The van der Waals surface area contributed by atoms with Crippen LogP contribution in [0.5, 0.6) is 0 Å². The highest BCUT2D eigenvalue weighted by Gasteiger charge is 2.30. The molecule has 0 atom stereocenters. The third kappa shape index (κ3) is 2.53. The van der Waals surface area contributed by atoms with Crippen molar-refractivity contribution in [3.63, 3.8) is 0 Å². The van der Waals surface area contributed by atoms with Gasteiger partial charge in [0.1, 0.15) is 11.2 Å². The maximum absolute atomic E-state index is 5.90. The standard InChI is InChI=1S/C26H22N3OS/c1-15-9-5-6-10-19(15)29-21-12-8-7-11-20(21)28(4)25(29)22-16(2)13-14-18-23-26(31-24(18)22)30-17(3)27-23/h5-14H,1-4H3/q+1. The Morgan fingerprint density at radius 3 is 2.52 bits per heavy atom. The quantitative estimate of drug-likeness (QED) is 0.301. The smallest absolute Gasteiger partial charge is 0.296 e. The molecule has 0 N–H and O–H groups in total. The van der Waals surface area contributed by atoms with Gasteiger partial charge in [0.05, 0.1) is 17.3 Å². The number of para-hydroxylation sites is 3. The molecule has 4 nitrogen and oxygen atoms in total.